The van der Waals surface area contributed by atoms with Gasteiger partial charge in [0.2, 0.25) is 5.91 Å². The summed E-state index contributed by atoms with van der Waals surface area (Å²) < 4.78 is 51.5. The predicted molar refractivity (Wildman–Crippen MR) is 125 cm³/mol. The molecule has 11 heteroatoms. The van der Waals surface area contributed by atoms with Gasteiger partial charge in [0, 0.05) is 25.4 Å². The molecule has 2 aliphatic rings. The van der Waals surface area contributed by atoms with E-state index in [1.807, 2.05) is 12.1 Å². The fourth-order valence-corrected chi connectivity index (χ4v) is 4.27. The summed E-state index contributed by atoms with van der Waals surface area (Å²) in [6, 6.07) is 6.05. The Morgan fingerprint density at radius 3 is 2.39 bits per heavy atom. The van der Waals surface area contributed by atoms with Crippen molar-refractivity contribution in [2.75, 3.05) is 18.4 Å². The van der Waals surface area contributed by atoms with Gasteiger partial charge < -0.3 is 25.0 Å². The summed E-state index contributed by atoms with van der Waals surface area (Å²) in [5.74, 6) is 0.0251. The van der Waals surface area contributed by atoms with Crippen molar-refractivity contribution in [1.29, 1.82) is 0 Å². The van der Waals surface area contributed by atoms with Gasteiger partial charge in [0.05, 0.1) is 37.1 Å². The van der Waals surface area contributed by atoms with Crippen molar-refractivity contribution in [1.82, 2.24) is 15.2 Å². The molecule has 0 unspecified atom stereocenters. The van der Waals surface area contributed by atoms with E-state index < -0.39 is 17.8 Å². The van der Waals surface area contributed by atoms with Gasteiger partial charge in [-0.15, -0.1) is 0 Å². The number of aromatic nitrogens is 1. The molecule has 1 saturated carbocycles. The Balaban J connectivity index is 1.30. The van der Waals surface area contributed by atoms with Gasteiger partial charge >= 0.3 is 12.2 Å². The average molecular weight is 507 g/mol. The summed E-state index contributed by atoms with van der Waals surface area (Å²) in [4.78, 5) is 29.6. The van der Waals surface area contributed by atoms with Crippen molar-refractivity contribution >= 4 is 17.6 Å². The second-order valence-corrected chi connectivity index (χ2v) is 9.11. The molecule has 2 heterocycles. The number of pyridine rings is 1. The van der Waals surface area contributed by atoms with E-state index in [1.165, 1.54) is 13.0 Å². The Kier molecular flexibility index (Phi) is 7.97. The summed E-state index contributed by atoms with van der Waals surface area (Å²) in [6.45, 7) is 2.62. The highest BCUT2D eigenvalue weighted by Crippen LogP contribution is 2.36. The summed E-state index contributed by atoms with van der Waals surface area (Å²) in [5, 5.41) is 5.37. The number of rotatable bonds is 7. The first-order valence-electron chi connectivity index (χ1n) is 11.9. The minimum Gasteiger partial charge on any atom is -0.485 e. The van der Waals surface area contributed by atoms with Gasteiger partial charge in [0.25, 0.3) is 0 Å². The van der Waals surface area contributed by atoms with Gasteiger partial charge in [0.15, 0.2) is 0 Å². The lowest BCUT2D eigenvalue weighted by atomic mass is 9.93. The molecule has 0 radical (unpaired) electrons. The number of anilines is 1. The number of likely N-dealkylation sites (tertiary alicyclic amines) is 1. The van der Waals surface area contributed by atoms with Crippen LogP contribution in [0, 0.1) is 0 Å². The lowest BCUT2D eigenvalue weighted by Gasteiger charge is -2.38. The molecule has 2 fully saturated rings. The van der Waals surface area contributed by atoms with Gasteiger partial charge in [0.1, 0.15) is 11.9 Å². The molecule has 1 saturated heterocycles. The summed E-state index contributed by atoms with van der Waals surface area (Å²) in [7, 11) is 0. The van der Waals surface area contributed by atoms with Crippen molar-refractivity contribution in [3.05, 3.63) is 53.9 Å². The van der Waals surface area contributed by atoms with Crippen LogP contribution in [0.15, 0.2) is 42.7 Å². The molecule has 36 heavy (non-hydrogen) atoms. The SMILES string of the molecule is CC(=O)N1CC(Oc2ccc(C(F)(F)F)cc2NC(=O)NC2CCC(OCc3ccncc3)CC2)C1. The highest BCUT2D eigenvalue weighted by molar-refractivity contribution is 5.91. The zero-order chi connectivity index (χ0) is 25.7. The fraction of sp³-hybridized carbons (Fsp3) is 0.480. The fourth-order valence-electron chi connectivity index (χ4n) is 4.27. The Bertz CT molecular complexity index is 1050. The Hall–Kier alpha value is -3.34. The Labute approximate surface area is 207 Å². The second-order valence-electron chi connectivity index (χ2n) is 9.11. The lowest BCUT2D eigenvalue weighted by Crippen LogP contribution is -2.55. The first kappa shape index (κ1) is 25.7. The van der Waals surface area contributed by atoms with E-state index >= 15 is 0 Å². The van der Waals surface area contributed by atoms with Gasteiger partial charge in [-0.3, -0.25) is 9.78 Å². The van der Waals surface area contributed by atoms with Crippen molar-refractivity contribution in [2.24, 2.45) is 0 Å². The Morgan fingerprint density at radius 1 is 1.06 bits per heavy atom. The topological polar surface area (TPSA) is 92.8 Å². The number of amides is 3. The third-order valence-electron chi connectivity index (χ3n) is 6.39. The smallest absolute Gasteiger partial charge is 0.416 e. The van der Waals surface area contributed by atoms with Crippen LogP contribution in [0.4, 0.5) is 23.7 Å². The molecule has 0 bridgehead atoms. The van der Waals surface area contributed by atoms with Crippen LogP contribution in [0.1, 0.15) is 43.7 Å². The number of urea groups is 1. The van der Waals surface area contributed by atoms with Crippen LogP contribution >= 0.6 is 0 Å². The Morgan fingerprint density at radius 2 is 1.75 bits per heavy atom. The number of nitrogens with one attached hydrogen (secondary N) is 2. The van der Waals surface area contributed by atoms with Crippen molar-refractivity contribution in [3.63, 3.8) is 0 Å². The molecule has 2 aromatic rings. The van der Waals surface area contributed by atoms with Crippen LogP contribution in [0.2, 0.25) is 0 Å². The van der Waals surface area contributed by atoms with Crippen molar-refractivity contribution in [2.45, 2.75) is 63.6 Å². The lowest BCUT2D eigenvalue weighted by molar-refractivity contribution is -0.138. The summed E-state index contributed by atoms with van der Waals surface area (Å²) in [6.07, 6.45) is 1.52. The number of nitrogens with zero attached hydrogens (tertiary/aromatic N) is 2. The van der Waals surface area contributed by atoms with Gasteiger partial charge in [-0.1, -0.05) is 0 Å². The normalized spacial score (nSPS) is 20.4. The largest absolute Gasteiger partial charge is 0.485 e. The molecule has 194 valence electrons. The number of carbonyl (C=O) groups is 2. The summed E-state index contributed by atoms with van der Waals surface area (Å²) >= 11 is 0. The third-order valence-corrected chi connectivity index (χ3v) is 6.39. The van der Waals surface area contributed by atoms with Crippen LogP contribution in [-0.2, 0) is 22.3 Å². The average Bonchev–Trinajstić information content (AvgIpc) is 2.81. The number of hydrogen-bond acceptors (Lipinski definition) is 5. The first-order valence-corrected chi connectivity index (χ1v) is 11.9. The van der Waals surface area contributed by atoms with Crippen LogP contribution < -0.4 is 15.4 Å². The number of carbonyl (C=O) groups excluding carboxylic acids is 2. The molecule has 4 rings (SSSR count). The van der Waals surface area contributed by atoms with Crippen molar-refractivity contribution < 1.29 is 32.2 Å². The minimum absolute atomic E-state index is 0.0713. The van der Waals surface area contributed by atoms with E-state index in [1.54, 1.807) is 17.3 Å². The van der Waals surface area contributed by atoms with Crippen LogP contribution in [0.25, 0.3) is 0 Å². The predicted octanol–water partition coefficient (Wildman–Crippen LogP) is 4.36. The second kappa shape index (κ2) is 11.2. The monoisotopic (exact) mass is 506 g/mol. The highest BCUT2D eigenvalue weighted by atomic mass is 19.4. The molecule has 1 aliphatic carbocycles. The quantitative estimate of drug-likeness (QED) is 0.582. The number of halogens is 3. The maximum atomic E-state index is 13.3. The molecule has 8 nitrogen and oxygen atoms in total. The van der Waals surface area contributed by atoms with E-state index in [-0.39, 0.29) is 35.6 Å². The zero-order valence-electron chi connectivity index (χ0n) is 19.9. The third kappa shape index (κ3) is 6.87. The maximum Gasteiger partial charge on any atom is 0.416 e. The van der Waals surface area contributed by atoms with Crippen LogP contribution in [0.3, 0.4) is 0 Å². The van der Waals surface area contributed by atoms with E-state index in [0.29, 0.717) is 32.5 Å². The zero-order valence-corrected chi connectivity index (χ0v) is 19.9. The van der Waals surface area contributed by atoms with Gasteiger partial charge in [-0.2, -0.15) is 13.2 Å². The molecular formula is C25H29F3N4O4. The van der Waals surface area contributed by atoms with Crippen molar-refractivity contribution in [3.8, 4) is 5.75 Å². The first-order chi connectivity index (χ1) is 17.2. The van der Waals surface area contributed by atoms with Crippen LogP contribution in [-0.4, -0.2) is 53.2 Å². The number of benzene rings is 1. The van der Waals surface area contributed by atoms with E-state index in [4.69, 9.17) is 9.47 Å². The molecule has 2 N–H and O–H groups in total. The minimum atomic E-state index is -4.57. The van der Waals surface area contributed by atoms with E-state index in [2.05, 4.69) is 15.6 Å². The highest BCUT2D eigenvalue weighted by Gasteiger charge is 2.34. The maximum absolute atomic E-state index is 13.3. The van der Waals surface area contributed by atoms with Gasteiger partial charge in [-0.25, -0.2) is 4.79 Å². The molecular weight excluding hydrogens is 477 g/mol. The molecule has 0 atom stereocenters. The molecule has 1 aromatic carbocycles. The van der Waals surface area contributed by atoms with E-state index in [9.17, 15) is 22.8 Å². The molecule has 0 spiro atoms. The number of hydrogen-bond donors (Lipinski definition) is 2. The van der Waals surface area contributed by atoms with Crippen LogP contribution in [0.5, 0.6) is 5.75 Å². The van der Waals surface area contributed by atoms with E-state index in [0.717, 1.165) is 30.5 Å². The molecule has 3 amide bonds. The van der Waals surface area contributed by atoms with Gasteiger partial charge in [-0.05, 0) is 61.6 Å². The molecule has 1 aliphatic heterocycles. The molecule has 1 aromatic heterocycles. The number of alkyl halides is 3. The summed E-state index contributed by atoms with van der Waals surface area (Å²) in [5.41, 5.74) is 0.0774. The standard InChI is InChI=1S/C25H29F3N4O4/c1-16(33)32-13-21(14-32)36-23-7-2-18(25(26,27)28)12-22(23)31-24(34)30-19-3-5-20(6-4-19)35-15-17-8-10-29-11-9-17/h2,7-12,19-21H,3-6,13-15H2,1H3,(H2,30,31,34). The number of ether oxygens (including phenoxy) is 2.